The second-order valence-electron chi connectivity index (χ2n) is 5.14. The third-order valence-electron chi connectivity index (χ3n) is 3.60. The largest absolute Gasteiger partial charge is 0.351 e. The summed E-state index contributed by atoms with van der Waals surface area (Å²) >= 11 is 0. The first-order valence-corrected chi connectivity index (χ1v) is 8.55. The molecule has 0 bridgehead atoms. The Morgan fingerprint density at radius 3 is 2.76 bits per heavy atom. The van der Waals surface area contributed by atoms with Crippen LogP contribution in [0.25, 0.3) is 0 Å². The van der Waals surface area contributed by atoms with Gasteiger partial charge in [-0.3, -0.25) is 4.79 Å². The highest BCUT2D eigenvalue weighted by atomic mass is 32.2. The van der Waals surface area contributed by atoms with Crippen LogP contribution in [0.5, 0.6) is 0 Å². The zero-order valence-corrected chi connectivity index (χ0v) is 13.2. The monoisotopic (exact) mass is 311 g/mol. The SMILES string of the molecule is CCS(=O)(=O)N(C)CC(=O)NCc1ccc2c(c1)CNC2. The predicted molar refractivity (Wildman–Crippen MR) is 80.9 cm³/mol. The fraction of sp³-hybridized carbons (Fsp3) is 0.500. The minimum atomic E-state index is -3.32. The van der Waals surface area contributed by atoms with Crippen LogP contribution in [-0.4, -0.2) is 38.0 Å². The number of carbonyl (C=O) groups excluding carboxylic acids is 1. The van der Waals surface area contributed by atoms with Gasteiger partial charge in [0.1, 0.15) is 0 Å². The van der Waals surface area contributed by atoms with Gasteiger partial charge in [-0.25, -0.2) is 8.42 Å². The summed E-state index contributed by atoms with van der Waals surface area (Å²) in [7, 11) is -1.90. The lowest BCUT2D eigenvalue weighted by Gasteiger charge is -2.15. The molecule has 1 aromatic rings. The molecule has 0 unspecified atom stereocenters. The fourth-order valence-electron chi connectivity index (χ4n) is 2.24. The average molecular weight is 311 g/mol. The van der Waals surface area contributed by atoms with Crippen LogP contribution in [0.2, 0.25) is 0 Å². The Labute approximate surface area is 125 Å². The van der Waals surface area contributed by atoms with Crippen molar-refractivity contribution in [3.63, 3.8) is 0 Å². The predicted octanol–water partition coefficient (Wildman–Crippen LogP) is 0.188. The molecule has 1 aliphatic heterocycles. The van der Waals surface area contributed by atoms with E-state index in [4.69, 9.17) is 0 Å². The van der Waals surface area contributed by atoms with E-state index < -0.39 is 10.0 Å². The molecule has 1 heterocycles. The van der Waals surface area contributed by atoms with Crippen molar-refractivity contribution in [3.8, 4) is 0 Å². The molecule has 1 aromatic carbocycles. The molecule has 0 aromatic heterocycles. The Bertz CT molecular complexity index is 628. The first-order valence-electron chi connectivity index (χ1n) is 6.94. The van der Waals surface area contributed by atoms with E-state index in [0.717, 1.165) is 23.0 Å². The van der Waals surface area contributed by atoms with Crippen molar-refractivity contribution < 1.29 is 13.2 Å². The van der Waals surface area contributed by atoms with Crippen molar-refractivity contribution >= 4 is 15.9 Å². The van der Waals surface area contributed by atoms with Crippen LogP contribution < -0.4 is 10.6 Å². The number of benzene rings is 1. The molecular weight excluding hydrogens is 290 g/mol. The summed E-state index contributed by atoms with van der Waals surface area (Å²) in [5, 5.41) is 6.02. The van der Waals surface area contributed by atoms with E-state index in [1.165, 1.54) is 18.2 Å². The lowest BCUT2D eigenvalue weighted by atomic mass is 10.1. The summed E-state index contributed by atoms with van der Waals surface area (Å²) in [6.45, 7) is 3.56. The van der Waals surface area contributed by atoms with Crippen LogP contribution in [-0.2, 0) is 34.5 Å². The van der Waals surface area contributed by atoms with Crippen LogP contribution in [0.15, 0.2) is 18.2 Å². The van der Waals surface area contributed by atoms with Gasteiger partial charge in [0.2, 0.25) is 15.9 Å². The average Bonchev–Trinajstić information content (AvgIpc) is 2.92. The van der Waals surface area contributed by atoms with Gasteiger partial charge in [0.15, 0.2) is 0 Å². The van der Waals surface area contributed by atoms with Crippen molar-refractivity contribution in [2.45, 2.75) is 26.6 Å². The summed E-state index contributed by atoms with van der Waals surface area (Å²) in [6, 6.07) is 6.12. The number of nitrogens with zero attached hydrogens (tertiary/aromatic N) is 1. The minimum Gasteiger partial charge on any atom is -0.351 e. The zero-order chi connectivity index (χ0) is 15.5. The molecule has 1 amide bonds. The van der Waals surface area contributed by atoms with Gasteiger partial charge < -0.3 is 10.6 Å². The fourth-order valence-corrected chi connectivity index (χ4v) is 2.99. The van der Waals surface area contributed by atoms with Gasteiger partial charge in [0.05, 0.1) is 12.3 Å². The topological polar surface area (TPSA) is 78.5 Å². The van der Waals surface area contributed by atoms with Gasteiger partial charge in [0, 0.05) is 26.7 Å². The van der Waals surface area contributed by atoms with E-state index in [-0.39, 0.29) is 18.2 Å². The van der Waals surface area contributed by atoms with Crippen molar-refractivity contribution in [2.24, 2.45) is 0 Å². The highest BCUT2D eigenvalue weighted by molar-refractivity contribution is 7.89. The lowest BCUT2D eigenvalue weighted by Crippen LogP contribution is -2.38. The van der Waals surface area contributed by atoms with Crippen LogP contribution in [0, 0.1) is 0 Å². The van der Waals surface area contributed by atoms with E-state index >= 15 is 0 Å². The molecule has 1 aliphatic rings. The molecule has 0 saturated heterocycles. The molecule has 0 atom stereocenters. The number of likely N-dealkylation sites (N-methyl/N-ethyl adjacent to an activating group) is 1. The summed E-state index contributed by atoms with van der Waals surface area (Å²) in [5.74, 6) is -0.303. The van der Waals surface area contributed by atoms with Gasteiger partial charge in [-0.15, -0.1) is 0 Å². The van der Waals surface area contributed by atoms with Crippen LogP contribution in [0.4, 0.5) is 0 Å². The Balaban J connectivity index is 1.87. The molecule has 21 heavy (non-hydrogen) atoms. The van der Waals surface area contributed by atoms with E-state index in [2.05, 4.69) is 22.8 Å². The first kappa shape index (κ1) is 15.9. The molecule has 116 valence electrons. The molecule has 0 spiro atoms. The summed E-state index contributed by atoms with van der Waals surface area (Å²) in [5.41, 5.74) is 3.57. The summed E-state index contributed by atoms with van der Waals surface area (Å²) in [6.07, 6.45) is 0. The van der Waals surface area contributed by atoms with Crippen LogP contribution >= 0.6 is 0 Å². The van der Waals surface area contributed by atoms with Crippen molar-refractivity contribution in [3.05, 3.63) is 34.9 Å². The van der Waals surface area contributed by atoms with E-state index in [9.17, 15) is 13.2 Å². The van der Waals surface area contributed by atoms with Crippen LogP contribution in [0.3, 0.4) is 0 Å². The van der Waals surface area contributed by atoms with E-state index in [0.29, 0.717) is 6.54 Å². The Kier molecular flexibility index (Phi) is 4.97. The molecule has 7 heteroatoms. The van der Waals surface area contributed by atoms with Gasteiger partial charge in [0.25, 0.3) is 0 Å². The van der Waals surface area contributed by atoms with Crippen LogP contribution in [0.1, 0.15) is 23.6 Å². The molecule has 0 radical (unpaired) electrons. The smallest absolute Gasteiger partial charge is 0.235 e. The maximum Gasteiger partial charge on any atom is 0.235 e. The quantitative estimate of drug-likeness (QED) is 0.786. The van der Waals surface area contributed by atoms with Gasteiger partial charge in [-0.2, -0.15) is 4.31 Å². The number of carbonyl (C=O) groups is 1. The Morgan fingerprint density at radius 2 is 2.05 bits per heavy atom. The molecule has 0 saturated carbocycles. The second-order valence-corrected chi connectivity index (χ2v) is 7.50. The second kappa shape index (κ2) is 6.55. The Morgan fingerprint density at radius 1 is 1.33 bits per heavy atom. The van der Waals surface area contributed by atoms with Crippen molar-refractivity contribution in [1.29, 1.82) is 0 Å². The highest BCUT2D eigenvalue weighted by Crippen LogP contribution is 2.16. The number of hydrogen-bond acceptors (Lipinski definition) is 4. The van der Waals surface area contributed by atoms with E-state index in [1.54, 1.807) is 6.92 Å². The number of nitrogens with one attached hydrogen (secondary N) is 2. The standard InChI is InChI=1S/C14H21N3O3S/c1-3-21(19,20)17(2)10-14(18)16-7-11-4-5-12-8-15-9-13(12)6-11/h4-6,15H,3,7-10H2,1-2H3,(H,16,18). The lowest BCUT2D eigenvalue weighted by molar-refractivity contribution is -0.121. The third-order valence-corrected chi connectivity index (χ3v) is 5.41. The number of rotatable bonds is 6. The highest BCUT2D eigenvalue weighted by Gasteiger charge is 2.18. The first-order chi connectivity index (χ1) is 9.92. The number of sulfonamides is 1. The zero-order valence-electron chi connectivity index (χ0n) is 12.3. The van der Waals surface area contributed by atoms with Gasteiger partial charge >= 0.3 is 0 Å². The maximum atomic E-state index is 11.8. The molecule has 2 N–H and O–H groups in total. The normalized spacial score (nSPS) is 14.2. The van der Waals surface area contributed by atoms with E-state index in [1.807, 2.05) is 6.07 Å². The molecule has 0 aliphatic carbocycles. The van der Waals surface area contributed by atoms with Gasteiger partial charge in [-0.1, -0.05) is 18.2 Å². The molecular formula is C14H21N3O3S. The maximum absolute atomic E-state index is 11.8. The molecule has 2 rings (SSSR count). The third kappa shape index (κ3) is 4.03. The number of hydrogen-bond donors (Lipinski definition) is 2. The summed E-state index contributed by atoms with van der Waals surface area (Å²) in [4.78, 5) is 11.8. The van der Waals surface area contributed by atoms with Crippen molar-refractivity contribution in [2.75, 3.05) is 19.3 Å². The number of fused-ring (bicyclic) bond motifs is 1. The van der Waals surface area contributed by atoms with Gasteiger partial charge in [-0.05, 0) is 23.6 Å². The Hall–Kier alpha value is -1.44. The molecule has 0 fully saturated rings. The van der Waals surface area contributed by atoms with Crippen molar-refractivity contribution in [1.82, 2.24) is 14.9 Å². The number of amides is 1. The summed E-state index contributed by atoms with van der Waals surface area (Å²) < 4.78 is 24.2. The molecule has 6 nitrogen and oxygen atoms in total. The minimum absolute atomic E-state index is 0.00536.